The van der Waals surface area contributed by atoms with Gasteiger partial charge in [0, 0.05) is 32.5 Å². The van der Waals surface area contributed by atoms with Crippen LogP contribution in [-0.4, -0.2) is 28.5 Å². The first-order valence-electron chi connectivity index (χ1n) is 7.27. The lowest BCUT2D eigenvalue weighted by Gasteiger charge is -2.17. The van der Waals surface area contributed by atoms with E-state index in [1.54, 1.807) is 6.20 Å². The molecule has 2 aromatic rings. The van der Waals surface area contributed by atoms with E-state index in [2.05, 4.69) is 45.1 Å². The van der Waals surface area contributed by atoms with Crippen molar-refractivity contribution < 1.29 is 0 Å². The fourth-order valence-corrected chi connectivity index (χ4v) is 1.97. The van der Waals surface area contributed by atoms with Gasteiger partial charge in [-0.15, -0.1) is 0 Å². The van der Waals surface area contributed by atoms with Gasteiger partial charge in [0.25, 0.3) is 0 Å². The molecule has 2 rings (SSSR count). The molecule has 0 atom stereocenters. The molecule has 0 spiro atoms. The van der Waals surface area contributed by atoms with Crippen LogP contribution in [-0.2, 0) is 13.1 Å². The molecule has 2 heterocycles. The van der Waals surface area contributed by atoms with Crippen LogP contribution >= 0.6 is 0 Å². The van der Waals surface area contributed by atoms with Crippen LogP contribution in [0.4, 0.5) is 5.82 Å². The highest BCUT2D eigenvalue weighted by atomic mass is 15.2. The van der Waals surface area contributed by atoms with E-state index >= 15 is 0 Å². The number of aromatic nitrogens is 3. The highest BCUT2D eigenvalue weighted by Gasteiger charge is 2.05. The molecular weight excluding hydrogens is 262 g/mol. The number of hydrogen-bond donors (Lipinski definition) is 1. The number of hydrogen-bond acceptors (Lipinski definition) is 5. The summed E-state index contributed by atoms with van der Waals surface area (Å²) in [7, 11) is 2.01. The number of nitrogens with one attached hydrogen (secondary N) is 1. The van der Waals surface area contributed by atoms with E-state index < -0.39 is 0 Å². The zero-order chi connectivity index (χ0) is 15.1. The van der Waals surface area contributed by atoms with Gasteiger partial charge in [-0.2, -0.15) is 0 Å². The van der Waals surface area contributed by atoms with Gasteiger partial charge in [-0.05, 0) is 24.1 Å². The summed E-state index contributed by atoms with van der Waals surface area (Å²) in [4.78, 5) is 15.1. The van der Waals surface area contributed by atoms with Crippen LogP contribution in [0.25, 0.3) is 0 Å². The maximum Gasteiger partial charge on any atom is 0.147 e. The van der Waals surface area contributed by atoms with Crippen LogP contribution in [0, 0.1) is 5.92 Å². The fraction of sp³-hybridized carbons (Fsp3) is 0.438. The molecular formula is C16H23N5. The van der Waals surface area contributed by atoms with Gasteiger partial charge in [-0.25, -0.2) is 4.98 Å². The summed E-state index contributed by atoms with van der Waals surface area (Å²) >= 11 is 0. The van der Waals surface area contributed by atoms with Crippen molar-refractivity contribution in [2.45, 2.75) is 26.9 Å². The lowest BCUT2D eigenvalue weighted by molar-refractivity contribution is 0.547. The van der Waals surface area contributed by atoms with Crippen LogP contribution in [0.5, 0.6) is 0 Å². The minimum atomic E-state index is 0.642. The normalized spacial score (nSPS) is 10.9. The summed E-state index contributed by atoms with van der Waals surface area (Å²) in [6, 6.07) is 4.00. The van der Waals surface area contributed by atoms with Crippen LogP contribution in [0.1, 0.15) is 25.1 Å². The van der Waals surface area contributed by atoms with Crippen molar-refractivity contribution in [2.24, 2.45) is 5.92 Å². The molecule has 0 unspecified atom stereocenters. The zero-order valence-electron chi connectivity index (χ0n) is 13.0. The van der Waals surface area contributed by atoms with E-state index in [9.17, 15) is 0 Å². The summed E-state index contributed by atoms with van der Waals surface area (Å²) in [5.74, 6) is 1.51. The summed E-state index contributed by atoms with van der Waals surface area (Å²) in [5.41, 5.74) is 2.12. The van der Waals surface area contributed by atoms with Crippen molar-refractivity contribution in [1.82, 2.24) is 20.3 Å². The van der Waals surface area contributed by atoms with Crippen LogP contribution in [0.2, 0.25) is 0 Å². The largest absolute Gasteiger partial charge is 0.354 e. The van der Waals surface area contributed by atoms with Gasteiger partial charge in [-0.3, -0.25) is 9.97 Å². The van der Waals surface area contributed by atoms with Crippen LogP contribution in [0.15, 0.2) is 36.9 Å². The maximum atomic E-state index is 4.48. The molecule has 112 valence electrons. The molecule has 0 radical (unpaired) electrons. The fourth-order valence-electron chi connectivity index (χ4n) is 1.97. The Bertz CT molecular complexity index is 524. The third kappa shape index (κ3) is 5.11. The standard InChI is InChI=1S/C16H23N5/c1-13(2)7-18-9-15-10-20-16(11-19-15)21(3)12-14-5-4-6-17-8-14/h4-6,8,10-11,13,18H,7,9,12H2,1-3H3. The van der Waals surface area contributed by atoms with Crippen molar-refractivity contribution in [2.75, 3.05) is 18.5 Å². The SMILES string of the molecule is CC(C)CNCc1cnc(N(C)Cc2cccnc2)cn1. The molecule has 0 aliphatic carbocycles. The maximum absolute atomic E-state index is 4.48. The van der Waals surface area contributed by atoms with Gasteiger partial charge in [0.15, 0.2) is 0 Å². The molecule has 0 aliphatic rings. The molecule has 1 N–H and O–H groups in total. The molecule has 0 saturated carbocycles. The first-order valence-corrected chi connectivity index (χ1v) is 7.27. The second-order valence-corrected chi connectivity index (χ2v) is 5.61. The van der Waals surface area contributed by atoms with E-state index in [-0.39, 0.29) is 0 Å². The van der Waals surface area contributed by atoms with Crippen molar-refractivity contribution in [3.8, 4) is 0 Å². The Morgan fingerprint density at radius 3 is 2.67 bits per heavy atom. The Balaban J connectivity index is 1.89. The predicted octanol–water partition coefficient (Wildman–Crippen LogP) is 2.25. The second-order valence-electron chi connectivity index (χ2n) is 5.61. The van der Waals surface area contributed by atoms with Gasteiger partial charge in [0.1, 0.15) is 5.82 Å². The topological polar surface area (TPSA) is 53.9 Å². The molecule has 0 saturated heterocycles. The van der Waals surface area contributed by atoms with E-state index in [0.717, 1.165) is 36.7 Å². The molecule has 2 aromatic heterocycles. The summed E-state index contributed by atoms with van der Waals surface area (Å²) in [6.45, 7) is 6.90. The highest BCUT2D eigenvalue weighted by Crippen LogP contribution is 2.10. The van der Waals surface area contributed by atoms with Gasteiger partial charge in [-0.1, -0.05) is 19.9 Å². The highest BCUT2D eigenvalue weighted by molar-refractivity contribution is 5.35. The van der Waals surface area contributed by atoms with Gasteiger partial charge < -0.3 is 10.2 Å². The van der Waals surface area contributed by atoms with E-state index in [1.807, 2.05) is 31.7 Å². The minimum absolute atomic E-state index is 0.642. The van der Waals surface area contributed by atoms with E-state index in [0.29, 0.717) is 5.92 Å². The van der Waals surface area contributed by atoms with Crippen molar-refractivity contribution in [3.63, 3.8) is 0 Å². The Morgan fingerprint density at radius 2 is 2.05 bits per heavy atom. The molecule has 0 amide bonds. The number of anilines is 1. The van der Waals surface area contributed by atoms with Gasteiger partial charge >= 0.3 is 0 Å². The molecule has 21 heavy (non-hydrogen) atoms. The third-order valence-electron chi connectivity index (χ3n) is 3.08. The molecule has 5 nitrogen and oxygen atoms in total. The molecule has 0 bridgehead atoms. The first-order chi connectivity index (χ1) is 10.1. The average molecular weight is 285 g/mol. The zero-order valence-corrected chi connectivity index (χ0v) is 13.0. The number of pyridine rings is 1. The van der Waals surface area contributed by atoms with Crippen molar-refractivity contribution in [1.29, 1.82) is 0 Å². The second kappa shape index (κ2) is 7.69. The Labute approximate surface area is 126 Å². The van der Waals surface area contributed by atoms with E-state index in [1.165, 1.54) is 0 Å². The quantitative estimate of drug-likeness (QED) is 0.845. The third-order valence-corrected chi connectivity index (χ3v) is 3.08. The minimum Gasteiger partial charge on any atom is -0.354 e. The Kier molecular flexibility index (Phi) is 5.63. The molecule has 0 aliphatic heterocycles. The first kappa shape index (κ1) is 15.4. The molecule has 5 heteroatoms. The van der Waals surface area contributed by atoms with E-state index in [4.69, 9.17) is 0 Å². The molecule has 0 aromatic carbocycles. The lowest BCUT2D eigenvalue weighted by Crippen LogP contribution is -2.21. The summed E-state index contributed by atoms with van der Waals surface area (Å²) in [5, 5.41) is 3.37. The average Bonchev–Trinajstić information content (AvgIpc) is 2.48. The number of rotatable bonds is 7. The monoisotopic (exact) mass is 285 g/mol. The summed E-state index contributed by atoms with van der Waals surface area (Å²) < 4.78 is 0. The van der Waals surface area contributed by atoms with Crippen LogP contribution < -0.4 is 10.2 Å². The van der Waals surface area contributed by atoms with Crippen molar-refractivity contribution in [3.05, 3.63) is 48.2 Å². The smallest absolute Gasteiger partial charge is 0.147 e. The Morgan fingerprint density at radius 1 is 1.19 bits per heavy atom. The number of nitrogens with zero attached hydrogens (tertiary/aromatic N) is 4. The summed E-state index contributed by atoms with van der Waals surface area (Å²) in [6.07, 6.45) is 7.31. The Hall–Kier alpha value is -2.01. The van der Waals surface area contributed by atoms with Gasteiger partial charge in [0.05, 0.1) is 18.1 Å². The lowest BCUT2D eigenvalue weighted by atomic mass is 10.2. The molecule has 0 fully saturated rings. The predicted molar refractivity (Wildman–Crippen MR) is 84.9 cm³/mol. The van der Waals surface area contributed by atoms with Crippen LogP contribution in [0.3, 0.4) is 0 Å². The van der Waals surface area contributed by atoms with Crippen molar-refractivity contribution >= 4 is 5.82 Å². The van der Waals surface area contributed by atoms with Gasteiger partial charge in [0.2, 0.25) is 0 Å².